The predicted molar refractivity (Wildman–Crippen MR) is 202 cm³/mol. The molecule has 7 rings (SSSR count). The quantitative estimate of drug-likeness (QED) is 0.162. The number of hydrogen-bond donors (Lipinski definition) is 0. The molecule has 3 aromatic heterocycles. The van der Waals surface area contributed by atoms with Crippen molar-refractivity contribution in [1.29, 1.82) is 0 Å². The number of nitrogens with zero attached hydrogens (tertiary/aromatic N) is 3. The molecule has 0 aliphatic rings. The monoisotopic (exact) mass is 826 g/mol. The largest absolute Gasteiger partial charge is 0.345 e. The molecule has 4 aromatic carbocycles. The number of aromatic nitrogens is 3. The molecule has 1 radical (unpaired) electrons. The van der Waals surface area contributed by atoms with E-state index in [0.717, 1.165) is 44.5 Å². The Morgan fingerprint density at radius 2 is 1.59 bits per heavy atom. The second-order valence-corrected chi connectivity index (χ2v) is 12.8. The maximum absolute atomic E-state index is 8.39. The summed E-state index contributed by atoms with van der Waals surface area (Å²) in [5.41, 5.74) is 9.12. The van der Waals surface area contributed by atoms with E-state index < -0.39 is 25.5 Å². The van der Waals surface area contributed by atoms with Crippen molar-refractivity contribution in [2.45, 2.75) is 47.8 Å². The number of para-hydroxylation sites is 1. The van der Waals surface area contributed by atoms with Gasteiger partial charge in [-0.25, -0.2) is 0 Å². The fourth-order valence-electron chi connectivity index (χ4n) is 5.84. The molecular weight excluding hydrogens is 775 g/mol. The Bertz CT molecular complexity index is 2430. The van der Waals surface area contributed by atoms with E-state index in [0.29, 0.717) is 22.4 Å². The SMILES string of the molecule is [2H]C([2H])([2H])c1ccc(-c2[c-]cc(C([2H])([2H])[2H])c(-c3c(C)c4ccccc4n3C)c2)nc1.[2H]C([2H])(c1ccc(-c2ccnc(-c3[c-]cccc3)c2)cc1)C(C)(C)C.[Ir]. The molecule has 0 unspecified atom stereocenters. The number of pyridine rings is 2. The summed E-state index contributed by atoms with van der Waals surface area (Å²) in [5, 5.41) is 1.06. The minimum absolute atomic E-state index is 0. The van der Waals surface area contributed by atoms with E-state index in [1.54, 1.807) is 18.3 Å². The van der Waals surface area contributed by atoms with Crippen molar-refractivity contribution in [2.75, 3.05) is 0 Å². The maximum Gasteiger partial charge on any atom is 0.0484 e. The number of hydrogen-bond acceptors (Lipinski definition) is 2. The summed E-state index contributed by atoms with van der Waals surface area (Å²) < 4.78 is 65.4. The number of fused-ring (bicyclic) bond motifs is 1. The molecular formula is C45H43IrN3-2. The molecule has 49 heavy (non-hydrogen) atoms. The summed E-state index contributed by atoms with van der Waals surface area (Å²) in [6.07, 6.45) is 1.75. The van der Waals surface area contributed by atoms with Gasteiger partial charge < -0.3 is 14.5 Å². The van der Waals surface area contributed by atoms with Crippen molar-refractivity contribution in [3.05, 3.63) is 156 Å². The predicted octanol–water partition coefficient (Wildman–Crippen LogP) is 11.4. The van der Waals surface area contributed by atoms with Crippen LogP contribution in [0.3, 0.4) is 0 Å². The minimum Gasteiger partial charge on any atom is -0.345 e. The Kier molecular flexibility index (Phi) is 8.19. The molecule has 3 heterocycles. The first kappa shape index (κ1) is 26.3. The van der Waals surface area contributed by atoms with Crippen LogP contribution in [0, 0.1) is 38.2 Å². The van der Waals surface area contributed by atoms with Crippen molar-refractivity contribution in [2.24, 2.45) is 12.5 Å². The molecule has 0 N–H and O–H groups in total. The molecule has 0 bridgehead atoms. The van der Waals surface area contributed by atoms with E-state index in [9.17, 15) is 0 Å². The van der Waals surface area contributed by atoms with E-state index in [2.05, 4.69) is 22.1 Å². The summed E-state index contributed by atoms with van der Waals surface area (Å²) in [6.45, 7) is 3.21. The van der Waals surface area contributed by atoms with Gasteiger partial charge in [0.25, 0.3) is 0 Å². The second-order valence-electron chi connectivity index (χ2n) is 12.8. The van der Waals surface area contributed by atoms with Crippen molar-refractivity contribution >= 4 is 10.9 Å². The Balaban J connectivity index is 0.000000219. The molecule has 249 valence electrons. The molecule has 0 saturated carbocycles. The molecule has 0 aliphatic heterocycles. The molecule has 0 saturated heterocycles. The third kappa shape index (κ3) is 8.33. The fraction of sp³-hybridized carbons (Fsp3) is 0.200. The van der Waals surface area contributed by atoms with E-state index in [4.69, 9.17) is 11.0 Å². The van der Waals surface area contributed by atoms with Gasteiger partial charge in [0.2, 0.25) is 0 Å². The van der Waals surface area contributed by atoms with Gasteiger partial charge in [0, 0.05) is 67.1 Å². The van der Waals surface area contributed by atoms with E-state index in [1.807, 2.05) is 124 Å². The van der Waals surface area contributed by atoms with Crippen LogP contribution in [0.2, 0.25) is 0 Å². The Morgan fingerprint density at radius 1 is 0.796 bits per heavy atom. The van der Waals surface area contributed by atoms with Crippen molar-refractivity contribution in [3.63, 3.8) is 0 Å². The third-order valence-corrected chi connectivity index (χ3v) is 8.09. The van der Waals surface area contributed by atoms with Crippen molar-refractivity contribution in [3.8, 4) is 44.9 Å². The van der Waals surface area contributed by atoms with Crippen LogP contribution in [-0.2, 0) is 33.5 Å². The van der Waals surface area contributed by atoms with Crippen LogP contribution in [0.5, 0.6) is 0 Å². The van der Waals surface area contributed by atoms with E-state index >= 15 is 0 Å². The van der Waals surface area contributed by atoms with Gasteiger partial charge in [-0.3, -0.25) is 0 Å². The molecule has 3 nitrogen and oxygen atoms in total. The van der Waals surface area contributed by atoms with Crippen LogP contribution < -0.4 is 0 Å². The summed E-state index contributed by atoms with van der Waals surface area (Å²) in [6, 6.07) is 40.1. The molecule has 0 amide bonds. The summed E-state index contributed by atoms with van der Waals surface area (Å²) in [7, 11) is 1.92. The fourth-order valence-corrected chi connectivity index (χ4v) is 5.84. The average molecular weight is 826 g/mol. The first-order valence-electron chi connectivity index (χ1n) is 19.9. The third-order valence-electron chi connectivity index (χ3n) is 8.09. The van der Waals surface area contributed by atoms with Gasteiger partial charge in [-0.15, -0.1) is 65.2 Å². The van der Waals surface area contributed by atoms with Crippen LogP contribution in [-0.4, -0.2) is 14.5 Å². The van der Waals surface area contributed by atoms with Gasteiger partial charge in [0.1, 0.15) is 0 Å². The zero-order valence-electron chi connectivity index (χ0n) is 36.2. The minimum atomic E-state index is -2.31. The standard InChI is InChI=1S/C23H21N2.C22H22N.Ir/c1-15-9-12-21(24-14-15)18-11-10-16(2)20(13-18)23-17(3)19-7-5-6-8-22(19)25(23)4;1-22(2,3)16-17-9-11-18(12-10-17)20-13-14-23-21(15-20)19-7-5-4-6-8-19;/h5-10,12-14H,1-4H3;4-7,9-15H,16H2,1-3H3;/q2*-1;/i1D3,2D3;16D2;. The van der Waals surface area contributed by atoms with Gasteiger partial charge in [-0.2, -0.15) is 0 Å². The number of benzene rings is 4. The van der Waals surface area contributed by atoms with Crippen molar-refractivity contribution < 1.29 is 31.1 Å². The van der Waals surface area contributed by atoms with Crippen molar-refractivity contribution in [1.82, 2.24) is 14.5 Å². The number of aryl methyl sites for hydroxylation is 4. The zero-order valence-corrected chi connectivity index (χ0v) is 30.6. The zero-order chi connectivity index (χ0) is 40.6. The summed E-state index contributed by atoms with van der Waals surface area (Å²) in [4.78, 5) is 8.72. The summed E-state index contributed by atoms with van der Waals surface area (Å²) in [5.74, 6) is 0. The molecule has 0 fully saturated rings. The van der Waals surface area contributed by atoms with E-state index in [1.165, 1.54) is 18.3 Å². The Labute approximate surface area is 316 Å². The normalized spacial score (nSPS) is 14.3. The molecule has 0 spiro atoms. The van der Waals surface area contributed by atoms with Gasteiger partial charge in [0.15, 0.2) is 0 Å². The van der Waals surface area contributed by atoms with Crippen LogP contribution in [0.15, 0.2) is 122 Å². The molecule has 0 atom stereocenters. The first-order valence-corrected chi connectivity index (χ1v) is 15.9. The molecule has 7 aromatic rings. The molecule has 4 heteroatoms. The maximum atomic E-state index is 8.39. The van der Waals surface area contributed by atoms with Crippen LogP contribution in [0.25, 0.3) is 55.8 Å². The summed E-state index contributed by atoms with van der Waals surface area (Å²) >= 11 is 0. The average Bonchev–Trinajstić information content (AvgIpc) is 3.43. The Hall–Kier alpha value is -4.63. The smallest absolute Gasteiger partial charge is 0.0484 e. The van der Waals surface area contributed by atoms with Crippen LogP contribution >= 0.6 is 0 Å². The van der Waals surface area contributed by atoms with Gasteiger partial charge in [0.05, 0.1) is 0 Å². The van der Waals surface area contributed by atoms with Crippen LogP contribution in [0.1, 0.15) is 54.0 Å². The van der Waals surface area contributed by atoms with Gasteiger partial charge >= 0.3 is 0 Å². The van der Waals surface area contributed by atoms with Gasteiger partial charge in [-0.05, 0) is 76.9 Å². The Morgan fingerprint density at radius 3 is 2.27 bits per heavy atom. The number of rotatable bonds is 5. The van der Waals surface area contributed by atoms with Crippen LogP contribution in [0.4, 0.5) is 0 Å². The first-order chi connectivity index (χ1) is 26.3. The molecule has 0 aliphatic carbocycles. The van der Waals surface area contributed by atoms with Gasteiger partial charge in [-0.1, -0.05) is 93.9 Å². The van der Waals surface area contributed by atoms with E-state index in [-0.39, 0.29) is 31.2 Å². The topological polar surface area (TPSA) is 30.7 Å². The second kappa shape index (κ2) is 15.3.